The summed E-state index contributed by atoms with van der Waals surface area (Å²) in [5.74, 6) is 0.758. The van der Waals surface area contributed by atoms with Gasteiger partial charge in [-0.2, -0.15) is 0 Å². The van der Waals surface area contributed by atoms with Crippen LogP contribution in [0.4, 0.5) is 5.69 Å². The molecule has 1 atom stereocenters. The van der Waals surface area contributed by atoms with Gasteiger partial charge in [0.05, 0.1) is 12.2 Å². The lowest BCUT2D eigenvalue weighted by atomic mass is 10.1. The average Bonchev–Trinajstić information content (AvgIpc) is 2.37. The Hall–Kier alpha value is -1.42. The molecule has 1 aliphatic rings. The zero-order valence-corrected chi connectivity index (χ0v) is 12.9. The van der Waals surface area contributed by atoms with Crippen molar-refractivity contribution >= 4 is 23.2 Å². The van der Waals surface area contributed by atoms with Crippen LogP contribution in [0, 0.1) is 0 Å². The van der Waals surface area contributed by atoms with E-state index in [9.17, 15) is 4.79 Å². The SMILES string of the molecule is CC(Cl)C(=O)NCCN1CC(C)(C)Oc2ccccc21. The molecule has 1 unspecified atom stereocenters. The van der Waals surface area contributed by atoms with Gasteiger partial charge in [-0.25, -0.2) is 0 Å². The van der Waals surface area contributed by atoms with E-state index in [4.69, 9.17) is 16.3 Å². The summed E-state index contributed by atoms with van der Waals surface area (Å²) in [6.45, 7) is 7.89. The monoisotopic (exact) mass is 296 g/mol. The second-order valence-corrected chi connectivity index (χ2v) is 6.31. The number of fused-ring (bicyclic) bond motifs is 1. The summed E-state index contributed by atoms with van der Waals surface area (Å²) in [4.78, 5) is 13.7. The molecule has 1 aliphatic heterocycles. The summed E-state index contributed by atoms with van der Waals surface area (Å²) in [5.41, 5.74) is 0.831. The number of alkyl halides is 1. The molecule has 0 radical (unpaired) electrons. The molecule has 0 fully saturated rings. The van der Waals surface area contributed by atoms with Crippen LogP contribution in [-0.4, -0.2) is 36.5 Å². The number of para-hydroxylation sites is 2. The van der Waals surface area contributed by atoms with Gasteiger partial charge in [0.15, 0.2) is 0 Å². The van der Waals surface area contributed by atoms with Crippen LogP contribution in [-0.2, 0) is 4.79 Å². The first-order valence-electron chi connectivity index (χ1n) is 6.84. The molecule has 1 N–H and O–H groups in total. The van der Waals surface area contributed by atoms with Gasteiger partial charge in [-0.3, -0.25) is 4.79 Å². The molecule has 1 aromatic carbocycles. The molecule has 0 saturated heterocycles. The largest absolute Gasteiger partial charge is 0.484 e. The standard InChI is InChI=1S/C15H21ClN2O2/c1-11(16)14(19)17-8-9-18-10-15(2,3)20-13-7-5-4-6-12(13)18/h4-7,11H,8-10H2,1-3H3,(H,17,19). The Morgan fingerprint density at radius 3 is 2.90 bits per heavy atom. The van der Waals surface area contributed by atoms with Crippen LogP contribution in [0.3, 0.4) is 0 Å². The highest BCUT2D eigenvalue weighted by Gasteiger charge is 2.31. The predicted molar refractivity (Wildman–Crippen MR) is 81.7 cm³/mol. The highest BCUT2D eigenvalue weighted by atomic mass is 35.5. The van der Waals surface area contributed by atoms with Crippen molar-refractivity contribution in [3.8, 4) is 5.75 Å². The fourth-order valence-corrected chi connectivity index (χ4v) is 2.41. The van der Waals surface area contributed by atoms with Crippen molar-refractivity contribution in [2.75, 3.05) is 24.5 Å². The summed E-state index contributed by atoms with van der Waals surface area (Å²) in [7, 11) is 0. The van der Waals surface area contributed by atoms with E-state index >= 15 is 0 Å². The third kappa shape index (κ3) is 3.57. The summed E-state index contributed by atoms with van der Waals surface area (Å²) >= 11 is 5.73. The zero-order valence-electron chi connectivity index (χ0n) is 12.1. The number of rotatable bonds is 4. The third-order valence-electron chi connectivity index (χ3n) is 3.21. The molecule has 0 spiro atoms. The van der Waals surface area contributed by atoms with E-state index in [1.54, 1.807) is 6.92 Å². The molecule has 4 nitrogen and oxygen atoms in total. The fraction of sp³-hybridized carbons (Fsp3) is 0.533. The Bertz CT molecular complexity index is 489. The number of nitrogens with zero attached hydrogens (tertiary/aromatic N) is 1. The van der Waals surface area contributed by atoms with E-state index in [0.717, 1.165) is 24.5 Å². The van der Waals surface area contributed by atoms with Crippen molar-refractivity contribution in [1.82, 2.24) is 5.32 Å². The van der Waals surface area contributed by atoms with E-state index in [2.05, 4.69) is 24.1 Å². The van der Waals surface area contributed by atoms with Crippen molar-refractivity contribution in [2.24, 2.45) is 0 Å². The van der Waals surface area contributed by atoms with Crippen molar-refractivity contribution in [1.29, 1.82) is 0 Å². The Labute approximate surface area is 125 Å². The normalized spacial score (nSPS) is 17.9. The molecule has 0 saturated carbocycles. The number of nitrogens with one attached hydrogen (secondary N) is 1. The molecule has 2 rings (SSSR count). The molecule has 0 aromatic heterocycles. The van der Waals surface area contributed by atoms with E-state index < -0.39 is 5.38 Å². The zero-order chi connectivity index (χ0) is 14.8. The minimum Gasteiger partial charge on any atom is -0.484 e. The number of hydrogen-bond donors (Lipinski definition) is 1. The summed E-state index contributed by atoms with van der Waals surface area (Å²) in [6.07, 6.45) is 0. The topological polar surface area (TPSA) is 41.6 Å². The molecule has 20 heavy (non-hydrogen) atoms. The Balaban J connectivity index is 2.02. The quantitative estimate of drug-likeness (QED) is 0.868. The Kier molecular flexibility index (Phi) is 4.43. The van der Waals surface area contributed by atoms with Crippen LogP contribution in [0.1, 0.15) is 20.8 Å². The third-order valence-corrected chi connectivity index (χ3v) is 3.40. The van der Waals surface area contributed by atoms with Crippen LogP contribution < -0.4 is 15.0 Å². The first-order valence-corrected chi connectivity index (χ1v) is 7.27. The predicted octanol–water partition coefficient (Wildman–Crippen LogP) is 2.41. The van der Waals surface area contributed by atoms with E-state index in [1.807, 2.05) is 24.3 Å². The second kappa shape index (κ2) is 5.92. The summed E-state index contributed by atoms with van der Waals surface area (Å²) in [6, 6.07) is 7.97. The van der Waals surface area contributed by atoms with E-state index in [1.165, 1.54) is 0 Å². The van der Waals surface area contributed by atoms with Gasteiger partial charge in [0.2, 0.25) is 5.91 Å². The van der Waals surface area contributed by atoms with Gasteiger partial charge in [-0.15, -0.1) is 11.6 Å². The lowest BCUT2D eigenvalue weighted by molar-refractivity contribution is -0.120. The van der Waals surface area contributed by atoms with Crippen LogP contribution in [0.15, 0.2) is 24.3 Å². The van der Waals surface area contributed by atoms with Crippen LogP contribution in [0.25, 0.3) is 0 Å². The van der Waals surface area contributed by atoms with Gasteiger partial charge >= 0.3 is 0 Å². The number of amides is 1. The highest BCUT2D eigenvalue weighted by molar-refractivity contribution is 6.30. The van der Waals surface area contributed by atoms with Crippen LogP contribution in [0.5, 0.6) is 5.75 Å². The minimum atomic E-state index is -0.497. The summed E-state index contributed by atoms with van der Waals surface area (Å²) < 4.78 is 5.97. The first kappa shape index (κ1) is 15.0. The average molecular weight is 297 g/mol. The van der Waals surface area contributed by atoms with Crippen LogP contribution >= 0.6 is 11.6 Å². The van der Waals surface area contributed by atoms with Crippen molar-refractivity contribution in [3.63, 3.8) is 0 Å². The number of carbonyl (C=O) groups excluding carboxylic acids is 1. The van der Waals surface area contributed by atoms with Gasteiger partial charge in [0, 0.05) is 13.1 Å². The molecule has 0 bridgehead atoms. The molecule has 1 aromatic rings. The minimum absolute atomic E-state index is 0.132. The number of benzene rings is 1. The molecular formula is C15H21ClN2O2. The molecule has 1 amide bonds. The van der Waals surface area contributed by atoms with Gasteiger partial charge < -0.3 is 15.0 Å². The molecular weight excluding hydrogens is 276 g/mol. The Morgan fingerprint density at radius 2 is 2.20 bits per heavy atom. The Morgan fingerprint density at radius 1 is 1.50 bits per heavy atom. The number of carbonyl (C=O) groups is 1. The lowest BCUT2D eigenvalue weighted by Gasteiger charge is -2.41. The maximum atomic E-state index is 11.5. The highest BCUT2D eigenvalue weighted by Crippen LogP contribution is 2.36. The van der Waals surface area contributed by atoms with Gasteiger partial charge in [0.25, 0.3) is 0 Å². The fourth-order valence-electron chi connectivity index (χ4n) is 2.33. The van der Waals surface area contributed by atoms with Crippen molar-refractivity contribution in [2.45, 2.75) is 31.7 Å². The maximum Gasteiger partial charge on any atom is 0.237 e. The second-order valence-electron chi connectivity index (χ2n) is 5.66. The lowest BCUT2D eigenvalue weighted by Crippen LogP contribution is -2.49. The van der Waals surface area contributed by atoms with Crippen molar-refractivity contribution < 1.29 is 9.53 Å². The number of hydrogen-bond acceptors (Lipinski definition) is 3. The smallest absolute Gasteiger partial charge is 0.237 e. The molecule has 5 heteroatoms. The van der Waals surface area contributed by atoms with Gasteiger partial charge in [-0.1, -0.05) is 12.1 Å². The number of halogens is 1. The van der Waals surface area contributed by atoms with Crippen molar-refractivity contribution in [3.05, 3.63) is 24.3 Å². The first-order chi connectivity index (χ1) is 9.39. The molecule has 110 valence electrons. The maximum absolute atomic E-state index is 11.5. The number of ether oxygens (including phenoxy) is 1. The summed E-state index contributed by atoms with van der Waals surface area (Å²) in [5, 5.41) is 2.34. The molecule has 1 heterocycles. The van der Waals surface area contributed by atoms with E-state index in [0.29, 0.717) is 6.54 Å². The number of anilines is 1. The molecule has 0 aliphatic carbocycles. The van der Waals surface area contributed by atoms with Gasteiger partial charge in [0.1, 0.15) is 16.7 Å². The van der Waals surface area contributed by atoms with Gasteiger partial charge in [-0.05, 0) is 32.9 Å². The van der Waals surface area contributed by atoms with Crippen LogP contribution in [0.2, 0.25) is 0 Å². The van der Waals surface area contributed by atoms with E-state index in [-0.39, 0.29) is 11.5 Å².